The van der Waals surface area contributed by atoms with Gasteiger partial charge in [0.25, 0.3) is 0 Å². The minimum Gasteiger partial charge on any atom is -0.337 e. The molecule has 0 radical (unpaired) electrons. The SMILES string of the molecule is CCNCc1cn(CCCCC(C)(C)C#N)cn1. The zero-order valence-corrected chi connectivity index (χ0v) is 11.7. The Bertz CT molecular complexity index is 387. The van der Waals surface area contributed by atoms with Gasteiger partial charge in [0.2, 0.25) is 0 Å². The van der Waals surface area contributed by atoms with Gasteiger partial charge in [-0.1, -0.05) is 13.3 Å². The van der Waals surface area contributed by atoms with Crippen molar-refractivity contribution in [2.45, 2.75) is 53.1 Å². The predicted molar refractivity (Wildman–Crippen MR) is 72.9 cm³/mol. The molecular formula is C14H24N4. The fourth-order valence-corrected chi connectivity index (χ4v) is 1.79. The molecule has 4 heteroatoms. The van der Waals surface area contributed by atoms with E-state index in [1.807, 2.05) is 20.2 Å². The van der Waals surface area contributed by atoms with E-state index in [1.54, 1.807) is 0 Å². The number of nitrogens with zero attached hydrogens (tertiary/aromatic N) is 3. The van der Waals surface area contributed by atoms with Crippen LogP contribution >= 0.6 is 0 Å². The molecule has 0 spiro atoms. The van der Waals surface area contributed by atoms with Crippen LogP contribution in [0.25, 0.3) is 0 Å². The zero-order valence-electron chi connectivity index (χ0n) is 11.7. The highest BCUT2D eigenvalue weighted by atomic mass is 15.0. The maximum absolute atomic E-state index is 8.92. The molecule has 1 rings (SSSR count). The summed E-state index contributed by atoms with van der Waals surface area (Å²) in [6.07, 6.45) is 7.13. The van der Waals surface area contributed by atoms with E-state index in [1.165, 1.54) is 0 Å². The van der Waals surface area contributed by atoms with Gasteiger partial charge in [-0.2, -0.15) is 5.26 Å². The molecular weight excluding hydrogens is 224 g/mol. The summed E-state index contributed by atoms with van der Waals surface area (Å²) in [5.41, 5.74) is 0.903. The standard InChI is InChI=1S/C14H24N4/c1-4-16-9-13-10-18(12-17-13)8-6-5-7-14(2,3)11-15/h10,12,16H,4-9H2,1-3H3. The highest BCUT2D eigenvalue weighted by molar-refractivity contribution is 4.96. The van der Waals surface area contributed by atoms with Crippen molar-refractivity contribution in [2.24, 2.45) is 5.41 Å². The lowest BCUT2D eigenvalue weighted by Gasteiger charge is -2.14. The summed E-state index contributed by atoms with van der Waals surface area (Å²) >= 11 is 0. The first-order valence-electron chi connectivity index (χ1n) is 6.70. The third kappa shape index (κ3) is 5.33. The van der Waals surface area contributed by atoms with Crippen molar-refractivity contribution in [3.05, 3.63) is 18.2 Å². The molecule has 0 fully saturated rings. The van der Waals surface area contributed by atoms with E-state index in [2.05, 4.69) is 34.1 Å². The first-order chi connectivity index (χ1) is 8.57. The highest BCUT2D eigenvalue weighted by Crippen LogP contribution is 2.21. The number of unbranched alkanes of at least 4 members (excludes halogenated alkanes) is 1. The third-order valence-electron chi connectivity index (χ3n) is 3.01. The molecule has 0 saturated carbocycles. The Hall–Kier alpha value is -1.34. The molecule has 18 heavy (non-hydrogen) atoms. The Balaban J connectivity index is 2.24. The van der Waals surface area contributed by atoms with Gasteiger partial charge in [-0.05, 0) is 33.2 Å². The van der Waals surface area contributed by atoms with Crippen molar-refractivity contribution < 1.29 is 0 Å². The number of rotatable bonds is 8. The molecule has 0 aliphatic rings. The van der Waals surface area contributed by atoms with E-state index in [-0.39, 0.29) is 5.41 Å². The fourth-order valence-electron chi connectivity index (χ4n) is 1.79. The van der Waals surface area contributed by atoms with Crippen LogP contribution in [-0.2, 0) is 13.1 Å². The van der Waals surface area contributed by atoms with Crippen molar-refractivity contribution in [1.29, 1.82) is 5.26 Å². The van der Waals surface area contributed by atoms with E-state index in [4.69, 9.17) is 5.26 Å². The van der Waals surface area contributed by atoms with Crippen LogP contribution < -0.4 is 5.32 Å². The summed E-state index contributed by atoms with van der Waals surface area (Å²) in [5, 5.41) is 12.2. The van der Waals surface area contributed by atoms with Crippen LogP contribution in [0.4, 0.5) is 0 Å². The summed E-state index contributed by atoms with van der Waals surface area (Å²) in [7, 11) is 0. The maximum Gasteiger partial charge on any atom is 0.0949 e. The Morgan fingerprint density at radius 2 is 2.22 bits per heavy atom. The van der Waals surface area contributed by atoms with Gasteiger partial charge in [0.15, 0.2) is 0 Å². The maximum atomic E-state index is 8.92. The molecule has 0 bridgehead atoms. The molecule has 1 aromatic rings. The van der Waals surface area contributed by atoms with Gasteiger partial charge in [-0.3, -0.25) is 0 Å². The molecule has 1 N–H and O–H groups in total. The van der Waals surface area contributed by atoms with Crippen LogP contribution in [0.2, 0.25) is 0 Å². The molecule has 1 aromatic heterocycles. The molecule has 0 atom stereocenters. The average Bonchev–Trinajstić information content (AvgIpc) is 2.80. The van der Waals surface area contributed by atoms with Crippen molar-refractivity contribution >= 4 is 0 Å². The highest BCUT2D eigenvalue weighted by Gasteiger charge is 2.15. The molecule has 0 aromatic carbocycles. The van der Waals surface area contributed by atoms with Gasteiger partial charge >= 0.3 is 0 Å². The molecule has 0 amide bonds. The zero-order chi connectivity index (χ0) is 13.4. The molecule has 0 unspecified atom stereocenters. The summed E-state index contributed by atoms with van der Waals surface area (Å²) in [4.78, 5) is 4.35. The lowest BCUT2D eigenvalue weighted by molar-refractivity contribution is 0.417. The average molecular weight is 248 g/mol. The Kier molecular flexibility index (Phi) is 5.87. The molecule has 0 aliphatic heterocycles. The lowest BCUT2D eigenvalue weighted by Crippen LogP contribution is -2.11. The van der Waals surface area contributed by atoms with Gasteiger partial charge in [-0.25, -0.2) is 4.98 Å². The van der Waals surface area contributed by atoms with E-state index in [0.717, 1.165) is 44.6 Å². The normalized spacial score (nSPS) is 11.4. The van der Waals surface area contributed by atoms with Crippen molar-refractivity contribution in [3.8, 4) is 6.07 Å². The number of aryl methyl sites for hydroxylation is 1. The van der Waals surface area contributed by atoms with Crippen LogP contribution in [0.1, 0.15) is 45.7 Å². The number of nitrogens with one attached hydrogen (secondary N) is 1. The summed E-state index contributed by atoms with van der Waals surface area (Å²) in [5.74, 6) is 0. The molecule has 100 valence electrons. The van der Waals surface area contributed by atoms with E-state index < -0.39 is 0 Å². The van der Waals surface area contributed by atoms with Gasteiger partial charge < -0.3 is 9.88 Å². The second-order valence-corrected chi connectivity index (χ2v) is 5.34. The monoisotopic (exact) mass is 248 g/mol. The largest absolute Gasteiger partial charge is 0.337 e. The topological polar surface area (TPSA) is 53.6 Å². The Morgan fingerprint density at radius 3 is 2.89 bits per heavy atom. The quantitative estimate of drug-likeness (QED) is 0.720. The summed E-state index contributed by atoms with van der Waals surface area (Å²) in [6.45, 7) is 8.88. The van der Waals surface area contributed by atoms with E-state index in [9.17, 15) is 0 Å². The van der Waals surface area contributed by atoms with E-state index >= 15 is 0 Å². The predicted octanol–water partition coefficient (Wildman–Crippen LogP) is 2.71. The Morgan fingerprint density at radius 1 is 1.44 bits per heavy atom. The van der Waals surface area contributed by atoms with Gasteiger partial charge in [-0.15, -0.1) is 0 Å². The number of hydrogen-bond donors (Lipinski definition) is 1. The third-order valence-corrected chi connectivity index (χ3v) is 3.01. The first kappa shape index (κ1) is 14.7. The van der Waals surface area contributed by atoms with Crippen LogP contribution in [0, 0.1) is 16.7 Å². The smallest absolute Gasteiger partial charge is 0.0949 e. The number of hydrogen-bond acceptors (Lipinski definition) is 3. The first-order valence-corrected chi connectivity index (χ1v) is 6.70. The minimum atomic E-state index is -0.189. The number of nitriles is 1. The van der Waals surface area contributed by atoms with Crippen LogP contribution in [-0.4, -0.2) is 16.1 Å². The molecule has 1 heterocycles. The van der Waals surface area contributed by atoms with Crippen LogP contribution in [0.15, 0.2) is 12.5 Å². The minimum absolute atomic E-state index is 0.189. The number of imidazole rings is 1. The van der Waals surface area contributed by atoms with Crippen molar-refractivity contribution in [3.63, 3.8) is 0 Å². The fraction of sp³-hybridized carbons (Fsp3) is 0.714. The van der Waals surface area contributed by atoms with Crippen molar-refractivity contribution in [2.75, 3.05) is 6.54 Å². The summed E-state index contributed by atoms with van der Waals surface area (Å²) < 4.78 is 2.13. The number of aromatic nitrogens is 2. The molecule has 0 saturated heterocycles. The van der Waals surface area contributed by atoms with Crippen LogP contribution in [0.5, 0.6) is 0 Å². The molecule has 0 aliphatic carbocycles. The second-order valence-electron chi connectivity index (χ2n) is 5.34. The Labute approximate surface area is 110 Å². The van der Waals surface area contributed by atoms with E-state index in [0.29, 0.717) is 0 Å². The lowest BCUT2D eigenvalue weighted by atomic mass is 9.89. The summed E-state index contributed by atoms with van der Waals surface area (Å²) in [6, 6.07) is 2.34. The van der Waals surface area contributed by atoms with Crippen molar-refractivity contribution in [1.82, 2.24) is 14.9 Å². The van der Waals surface area contributed by atoms with Gasteiger partial charge in [0, 0.05) is 19.3 Å². The van der Waals surface area contributed by atoms with Crippen LogP contribution in [0.3, 0.4) is 0 Å². The molecule has 4 nitrogen and oxygen atoms in total. The van der Waals surface area contributed by atoms with Gasteiger partial charge in [0.05, 0.1) is 23.5 Å². The van der Waals surface area contributed by atoms with Gasteiger partial charge in [0.1, 0.15) is 0 Å². The second kappa shape index (κ2) is 7.17.